The van der Waals surface area contributed by atoms with E-state index >= 15 is 0 Å². The highest BCUT2D eigenvalue weighted by Crippen LogP contribution is 2.34. The Hall–Kier alpha value is -0.870. The largest absolute Gasteiger partial charge is 0.466 e. The molecule has 3 unspecified atom stereocenters. The standard InChI is InChI=1S/C17H29NO3/c1-4-21-17(19)12-16(18-5-7-20-8-6-18)15-10-13(2)9-14(3)11-15/h9,13,15-16H,4-8,10-12H2,1-3H3. The second kappa shape index (κ2) is 7.95. The van der Waals surface area contributed by atoms with Gasteiger partial charge in [-0.15, -0.1) is 0 Å². The predicted octanol–water partition coefficient (Wildman–Crippen LogP) is 2.63. The van der Waals surface area contributed by atoms with Crippen LogP contribution in [0.15, 0.2) is 11.6 Å². The molecule has 0 aromatic rings. The average Bonchev–Trinajstić information content (AvgIpc) is 2.45. The summed E-state index contributed by atoms with van der Waals surface area (Å²) in [5.41, 5.74) is 1.46. The first-order valence-electron chi connectivity index (χ1n) is 8.24. The summed E-state index contributed by atoms with van der Waals surface area (Å²) < 4.78 is 10.7. The van der Waals surface area contributed by atoms with E-state index in [1.54, 1.807) is 0 Å². The van der Waals surface area contributed by atoms with Crippen molar-refractivity contribution >= 4 is 5.97 Å². The number of hydrogen-bond acceptors (Lipinski definition) is 4. The molecule has 21 heavy (non-hydrogen) atoms. The number of rotatable bonds is 5. The Morgan fingerprint density at radius 1 is 1.48 bits per heavy atom. The molecule has 0 aromatic heterocycles. The monoisotopic (exact) mass is 295 g/mol. The molecule has 0 spiro atoms. The van der Waals surface area contributed by atoms with E-state index in [2.05, 4.69) is 24.8 Å². The molecule has 4 nitrogen and oxygen atoms in total. The maximum Gasteiger partial charge on any atom is 0.307 e. The van der Waals surface area contributed by atoms with Gasteiger partial charge in [-0.05, 0) is 38.5 Å². The number of ether oxygens (including phenoxy) is 2. The minimum Gasteiger partial charge on any atom is -0.466 e. The van der Waals surface area contributed by atoms with E-state index in [0.29, 0.717) is 30.9 Å². The van der Waals surface area contributed by atoms with Gasteiger partial charge < -0.3 is 9.47 Å². The van der Waals surface area contributed by atoms with Crippen LogP contribution in [0, 0.1) is 11.8 Å². The van der Waals surface area contributed by atoms with Crippen LogP contribution in [-0.4, -0.2) is 49.8 Å². The molecule has 0 N–H and O–H groups in total. The third-order valence-corrected chi connectivity index (χ3v) is 4.57. The van der Waals surface area contributed by atoms with Crippen LogP contribution in [0.5, 0.6) is 0 Å². The zero-order valence-corrected chi connectivity index (χ0v) is 13.6. The SMILES string of the molecule is CCOC(=O)CC(C1CC(C)=CC(C)C1)N1CCOCC1. The quantitative estimate of drug-likeness (QED) is 0.577. The van der Waals surface area contributed by atoms with Crippen molar-refractivity contribution in [1.82, 2.24) is 4.90 Å². The second-order valence-electron chi connectivity index (χ2n) is 6.42. The van der Waals surface area contributed by atoms with E-state index in [4.69, 9.17) is 9.47 Å². The number of esters is 1. The van der Waals surface area contributed by atoms with E-state index in [1.807, 2.05) is 6.92 Å². The maximum absolute atomic E-state index is 12.0. The summed E-state index contributed by atoms with van der Waals surface area (Å²) in [6, 6.07) is 0.291. The molecule has 0 saturated carbocycles. The van der Waals surface area contributed by atoms with E-state index in [0.717, 1.165) is 32.7 Å². The normalized spacial score (nSPS) is 28.8. The van der Waals surface area contributed by atoms with Gasteiger partial charge in [-0.25, -0.2) is 0 Å². The van der Waals surface area contributed by atoms with Gasteiger partial charge in [-0.3, -0.25) is 9.69 Å². The number of morpholine rings is 1. The molecule has 1 fully saturated rings. The summed E-state index contributed by atoms with van der Waals surface area (Å²) in [6.45, 7) is 10.2. The van der Waals surface area contributed by atoms with Crippen molar-refractivity contribution in [2.45, 2.75) is 46.1 Å². The molecule has 1 heterocycles. The van der Waals surface area contributed by atoms with Gasteiger partial charge in [0.15, 0.2) is 0 Å². The Kier molecular flexibility index (Phi) is 6.24. The summed E-state index contributed by atoms with van der Waals surface area (Å²) in [5.74, 6) is 1.09. The molecule has 0 amide bonds. The highest BCUT2D eigenvalue weighted by Gasteiger charge is 2.33. The molecular formula is C17H29NO3. The molecule has 0 bridgehead atoms. The van der Waals surface area contributed by atoms with Crippen LogP contribution in [0.2, 0.25) is 0 Å². The Morgan fingerprint density at radius 2 is 2.19 bits per heavy atom. The second-order valence-corrected chi connectivity index (χ2v) is 6.42. The fourth-order valence-electron chi connectivity index (χ4n) is 3.78. The number of hydrogen-bond donors (Lipinski definition) is 0. The van der Waals surface area contributed by atoms with Crippen molar-refractivity contribution in [3.63, 3.8) is 0 Å². The van der Waals surface area contributed by atoms with Crippen molar-refractivity contribution in [3.8, 4) is 0 Å². The number of nitrogens with zero attached hydrogens (tertiary/aromatic N) is 1. The number of carbonyl (C=O) groups is 1. The van der Waals surface area contributed by atoms with Crippen LogP contribution in [0.4, 0.5) is 0 Å². The predicted molar refractivity (Wildman–Crippen MR) is 83.1 cm³/mol. The van der Waals surface area contributed by atoms with Crippen molar-refractivity contribution in [3.05, 3.63) is 11.6 Å². The fraction of sp³-hybridized carbons (Fsp3) is 0.824. The fourth-order valence-corrected chi connectivity index (χ4v) is 3.78. The van der Waals surface area contributed by atoms with Crippen LogP contribution in [0.25, 0.3) is 0 Å². The molecule has 3 atom stereocenters. The lowest BCUT2D eigenvalue weighted by molar-refractivity contribution is -0.145. The summed E-state index contributed by atoms with van der Waals surface area (Å²) in [4.78, 5) is 14.4. The third kappa shape index (κ3) is 4.82. The minimum absolute atomic E-state index is 0.0612. The van der Waals surface area contributed by atoms with Gasteiger partial charge in [-0.2, -0.15) is 0 Å². The first kappa shape index (κ1) is 16.5. The zero-order chi connectivity index (χ0) is 15.2. The Labute approximate surface area is 128 Å². The van der Waals surface area contributed by atoms with Crippen molar-refractivity contribution in [1.29, 1.82) is 0 Å². The van der Waals surface area contributed by atoms with Gasteiger partial charge in [0.1, 0.15) is 0 Å². The van der Waals surface area contributed by atoms with Gasteiger partial charge in [-0.1, -0.05) is 18.6 Å². The highest BCUT2D eigenvalue weighted by atomic mass is 16.5. The zero-order valence-electron chi connectivity index (χ0n) is 13.6. The molecule has 120 valence electrons. The number of allylic oxidation sites excluding steroid dienone is 2. The molecule has 4 heteroatoms. The molecule has 1 saturated heterocycles. The van der Waals surface area contributed by atoms with Gasteiger partial charge in [0.2, 0.25) is 0 Å². The molecule has 2 rings (SSSR count). The van der Waals surface area contributed by atoms with Gasteiger partial charge in [0, 0.05) is 19.1 Å². The molecule has 1 aliphatic heterocycles. The van der Waals surface area contributed by atoms with E-state index < -0.39 is 0 Å². The summed E-state index contributed by atoms with van der Waals surface area (Å²) in [5, 5.41) is 0. The average molecular weight is 295 g/mol. The van der Waals surface area contributed by atoms with Crippen molar-refractivity contribution < 1.29 is 14.3 Å². The van der Waals surface area contributed by atoms with Gasteiger partial charge in [0.25, 0.3) is 0 Å². The number of carbonyl (C=O) groups excluding carboxylic acids is 1. The summed E-state index contributed by atoms with van der Waals surface area (Å²) in [6.07, 6.45) is 5.15. The Morgan fingerprint density at radius 3 is 2.81 bits per heavy atom. The van der Waals surface area contributed by atoms with Crippen LogP contribution in [0.3, 0.4) is 0 Å². The Balaban J connectivity index is 2.06. The first-order valence-corrected chi connectivity index (χ1v) is 8.24. The van der Waals surface area contributed by atoms with Crippen LogP contribution in [-0.2, 0) is 14.3 Å². The minimum atomic E-state index is -0.0612. The highest BCUT2D eigenvalue weighted by molar-refractivity contribution is 5.70. The summed E-state index contributed by atoms with van der Waals surface area (Å²) in [7, 11) is 0. The molecule has 0 aromatic carbocycles. The molecular weight excluding hydrogens is 266 g/mol. The van der Waals surface area contributed by atoms with Gasteiger partial charge in [0.05, 0.1) is 26.2 Å². The molecule has 1 aliphatic carbocycles. The van der Waals surface area contributed by atoms with E-state index in [-0.39, 0.29) is 5.97 Å². The van der Waals surface area contributed by atoms with Crippen LogP contribution < -0.4 is 0 Å². The first-order chi connectivity index (χ1) is 10.1. The van der Waals surface area contributed by atoms with Crippen LogP contribution >= 0.6 is 0 Å². The smallest absolute Gasteiger partial charge is 0.307 e. The molecule has 0 radical (unpaired) electrons. The lowest BCUT2D eigenvalue weighted by Crippen LogP contribution is -2.48. The van der Waals surface area contributed by atoms with E-state index in [1.165, 1.54) is 12.0 Å². The maximum atomic E-state index is 12.0. The van der Waals surface area contributed by atoms with Gasteiger partial charge >= 0.3 is 5.97 Å². The van der Waals surface area contributed by atoms with E-state index in [9.17, 15) is 4.79 Å². The lowest BCUT2D eigenvalue weighted by atomic mass is 9.78. The topological polar surface area (TPSA) is 38.8 Å². The van der Waals surface area contributed by atoms with Crippen molar-refractivity contribution in [2.24, 2.45) is 11.8 Å². The third-order valence-electron chi connectivity index (χ3n) is 4.57. The Bertz CT molecular complexity index is 374. The van der Waals surface area contributed by atoms with Crippen molar-refractivity contribution in [2.75, 3.05) is 32.9 Å². The summed E-state index contributed by atoms with van der Waals surface area (Å²) >= 11 is 0. The molecule has 2 aliphatic rings. The van der Waals surface area contributed by atoms with Crippen LogP contribution in [0.1, 0.15) is 40.0 Å². The lowest BCUT2D eigenvalue weighted by Gasteiger charge is -2.41.